The van der Waals surface area contributed by atoms with Gasteiger partial charge in [0.05, 0.1) is 4.92 Å². The second kappa shape index (κ2) is 6.94. The molecule has 0 bridgehead atoms. The number of aryl methyl sites for hydroxylation is 1. The van der Waals surface area contributed by atoms with Crippen LogP contribution in [0.1, 0.15) is 30.9 Å². The molecule has 1 aromatic rings. The monoisotopic (exact) mass is 351 g/mol. The standard InChI is InChI=1S/C16H25N5O4/c1-7-4-5-10(6-11(7)21(24)25)14(12-8(2)17-19-15(12)22)13-9(3)18-20-16(13)23/h4-6,8-9,12-20,22-23H,1-3H3. The van der Waals surface area contributed by atoms with Crippen molar-refractivity contribution in [3.63, 3.8) is 0 Å². The molecule has 2 fully saturated rings. The van der Waals surface area contributed by atoms with Gasteiger partial charge in [0, 0.05) is 41.5 Å². The number of aliphatic hydroxyl groups is 2. The van der Waals surface area contributed by atoms with Crippen molar-refractivity contribution < 1.29 is 15.1 Å². The van der Waals surface area contributed by atoms with E-state index in [2.05, 4.69) is 21.7 Å². The van der Waals surface area contributed by atoms with E-state index in [-0.39, 0.29) is 35.5 Å². The Kier molecular flexibility index (Phi) is 5.05. The van der Waals surface area contributed by atoms with E-state index in [0.717, 1.165) is 5.56 Å². The number of rotatable bonds is 4. The number of benzene rings is 1. The predicted molar refractivity (Wildman–Crippen MR) is 91.0 cm³/mol. The lowest BCUT2D eigenvalue weighted by Gasteiger charge is -2.35. The van der Waals surface area contributed by atoms with Crippen molar-refractivity contribution in [2.45, 2.75) is 51.2 Å². The summed E-state index contributed by atoms with van der Waals surface area (Å²) < 4.78 is 0. The molecule has 0 aromatic heterocycles. The van der Waals surface area contributed by atoms with Crippen molar-refractivity contribution in [3.05, 3.63) is 39.4 Å². The first kappa shape index (κ1) is 18.2. The lowest BCUT2D eigenvalue weighted by molar-refractivity contribution is -0.385. The van der Waals surface area contributed by atoms with Crippen molar-refractivity contribution >= 4 is 5.69 Å². The van der Waals surface area contributed by atoms with Crippen molar-refractivity contribution in [2.24, 2.45) is 11.8 Å². The van der Waals surface area contributed by atoms with Crippen molar-refractivity contribution in [3.8, 4) is 0 Å². The fraction of sp³-hybridized carbons (Fsp3) is 0.625. The summed E-state index contributed by atoms with van der Waals surface area (Å²) in [5, 5.41) is 32.2. The highest BCUT2D eigenvalue weighted by Crippen LogP contribution is 2.42. The average Bonchev–Trinajstić information content (AvgIpc) is 3.06. The van der Waals surface area contributed by atoms with E-state index in [1.54, 1.807) is 19.1 Å². The molecule has 0 aliphatic carbocycles. The molecule has 3 rings (SSSR count). The Morgan fingerprint density at radius 1 is 1.04 bits per heavy atom. The molecule has 6 atom stereocenters. The molecule has 25 heavy (non-hydrogen) atoms. The predicted octanol–water partition coefficient (Wildman–Crippen LogP) is -0.151. The lowest BCUT2D eigenvalue weighted by atomic mass is 9.71. The van der Waals surface area contributed by atoms with Crippen molar-refractivity contribution in [1.82, 2.24) is 21.7 Å². The topological polar surface area (TPSA) is 132 Å². The van der Waals surface area contributed by atoms with Crippen LogP contribution < -0.4 is 21.7 Å². The zero-order valence-corrected chi connectivity index (χ0v) is 14.4. The van der Waals surface area contributed by atoms with E-state index < -0.39 is 17.4 Å². The van der Waals surface area contributed by atoms with Crippen LogP contribution in [0.4, 0.5) is 5.69 Å². The van der Waals surface area contributed by atoms with Crippen LogP contribution in [0.3, 0.4) is 0 Å². The molecule has 0 radical (unpaired) electrons. The minimum Gasteiger partial charge on any atom is -0.377 e. The van der Waals surface area contributed by atoms with Gasteiger partial charge in [-0.3, -0.25) is 21.0 Å². The first-order valence-corrected chi connectivity index (χ1v) is 8.44. The molecule has 0 spiro atoms. The van der Waals surface area contributed by atoms with Gasteiger partial charge in [0.2, 0.25) is 0 Å². The first-order chi connectivity index (χ1) is 11.8. The molecule has 2 heterocycles. The summed E-state index contributed by atoms with van der Waals surface area (Å²) in [7, 11) is 0. The number of hydrazine groups is 2. The molecule has 0 amide bonds. The van der Waals surface area contributed by atoms with Gasteiger partial charge in [0.1, 0.15) is 12.5 Å². The Hall–Kier alpha value is -1.62. The first-order valence-electron chi connectivity index (χ1n) is 8.44. The van der Waals surface area contributed by atoms with Crippen molar-refractivity contribution in [1.29, 1.82) is 0 Å². The number of nitro groups is 1. The van der Waals surface area contributed by atoms with Crippen molar-refractivity contribution in [2.75, 3.05) is 0 Å². The van der Waals surface area contributed by atoms with Gasteiger partial charge in [-0.2, -0.15) is 0 Å². The van der Waals surface area contributed by atoms with Gasteiger partial charge in [-0.15, -0.1) is 0 Å². The maximum atomic E-state index is 11.4. The van der Waals surface area contributed by atoms with E-state index in [0.29, 0.717) is 5.56 Å². The maximum Gasteiger partial charge on any atom is 0.272 e. The van der Waals surface area contributed by atoms with Crippen LogP contribution in [-0.2, 0) is 0 Å². The Labute approximate surface area is 145 Å². The number of nitrogens with zero attached hydrogens (tertiary/aromatic N) is 1. The zero-order chi connectivity index (χ0) is 18.3. The Bertz CT molecular complexity index is 613. The lowest BCUT2D eigenvalue weighted by Crippen LogP contribution is -2.41. The van der Waals surface area contributed by atoms with Crippen LogP contribution in [0, 0.1) is 28.9 Å². The quantitative estimate of drug-likeness (QED) is 0.326. The largest absolute Gasteiger partial charge is 0.377 e. The van der Waals surface area contributed by atoms with E-state index >= 15 is 0 Å². The molecular formula is C16H25N5O4. The van der Waals surface area contributed by atoms with Gasteiger partial charge in [-0.1, -0.05) is 12.1 Å². The molecule has 1 aromatic carbocycles. The van der Waals surface area contributed by atoms with Crippen LogP contribution in [0.25, 0.3) is 0 Å². The van der Waals surface area contributed by atoms with E-state index in [1.807, 2.05) is 19.9 Å². The van der Waals surface area contributed by atoms with Gasteiger partial charge in [0.15, 0.2) is 0 Å². The summed E-state index contributed by atoms with van der Waals surface area (Å²) in [6.07, 6.45) is -1.64. The van der Waals surface area contributed by atoms with Gasteiger partial charge in [-0.25, -0.2) is 10.9 Å². The zero-order valence-electron chi connectivity index (χ0n) is 14.4. The summed E-state index contributed by atoms with van der Waals surface area (Å²) in [4.78, 5) is 11.0. The summed E-state index contributed by atoms with van der Waals surface area (Å²) in [5.74, 6) is -0.809. The van der Waals surface area contributed by atoms with E-state index in [1.165, 1.54) is 0 Å². The van der Waals surface area contributed by atoms with Crippen LogP contribution >= 0.6 is 0 Å². The molecule has 0 saturated carbocycles. The average molecular weight is 351 g/mol. The highest BCUT2D eigenvalue weighted by Gasteiger charge is 2.48. The molecule has 2 saturated heterocycles. The van der Waals surface area contributed by atoms with E-state index in [9.17, 15) is 20.3 Å². The Morgan fingerprint density at radius 3 is 1.96 bits per heavy atom. The summed E-state index contributed by atoms with van der Waals surface area (Å²) in [6.45, 7) is 5.58. The molecule has 6 unspecified atom stereocenters. The maximum absolute atomic E-state index is 11.4. The van der Waals surface area contributed by atoms with Crippen LogP contribution in [0.15, 0.2) is 18.2 Å². The third-order valence-corrected chi connectivity index (χ3v) is 5.45. The van der Waals surface area contributed by atoms with Gasteiger partial charge in [-0.05, 0) is 26.3 Å². The minimum absolute atomic E-state index is 0.0459. The van der Waals surface area contributed by atoms with Crippen LogP contribution in [-0.4, -0.2) is 39.7 Å². The summed E-state index contributed by atoms with van der Waals surface area (Å²) >= 11 is 0. The summed E-state index contributed by atoms with van der Waals surface area (Å²) in [6, 6.07) is 5.00. The van der Waals surface area contributed by atoms with Gasteiger partial charge >= 0.3 is 0 Å². The molecule has 2 aliphatic rings. The second-order valence-corrected chi connectivity index (χ2v) is 7.03. The third kappa shape index (κ3) is 3.26. The highest BCUT2D eigenvalue weighted by molar-refractivity contribution is 5.44. The second-order valence-electron chi connectivity index (χ2n) is 7.03. The van der Waals surface area contributed by atoms with E-state index in [4.69, 9.17) is 0 Å². The summed E-state index contributed by atoms with van der Waals surface area (Å²) in [5.41, 5.74) is 13.0. The smallest absolute Gasteiger partial charge is 0.272 e. The van der Waals surface area contributed by atoms with Gasteiger partial charge < -0.3 is 10.2 Å². The van der Waals surface area contributed by atoms with Crippen LogP contribution in [0.2, 0.25) is 0 Å². The van der Waals surface area contributed by atoms with Gasteiger partial charge in [0.25, 0.3) is 5.69 Å². The third-order valence-electron chi connectivity index (χ3n) is 5.45. The number of hydrogen-bond donors (Lipinski definition) is 6. The number of aliphatic hydroxyl groups excluding tert-OH is 2. The minimum atomic E-state index is -0.819. The fourth-order valence-corrected chi connectivity index (χ4v) is 4.11. The molecule has 138 valence electrons. The molecule has 2 aliphatic heterocycles. The fourth-order valence-electron chi connectivity index (χ4n) is 4.11. The highest BCUT2D eigenvalue weighted by atomic mass is 16.6. The number of hydrogen-bond acceptors (Lipinski definition) is 8. The molecular weight excluding hydrogens is 326 g/mol. The molecule has 9 heteroatoms. The SMILES string of the molecule is Cc1ccc(C(C2C(C)NNC2O)C2C(C)NNC2O)cc1[N+](=O)[O-]. The Morgan fingerprint density at radius 2 is 1.56 bits per heavy atom. The molecule has 9 nitrogen and oxygen atoms in total. The van der Waals surface area contributed by atoms with Crippen LogP contribution in [0.5, 0.6) is 0 Å². The number of nitro benzene ring substituents is 1. The molecule has 6 N–H and O–H groups in total. The number of nitrogens with one attached hydrogen (secondary N) is 4. The normalized spacial score (nSPS) is 36.5. The Balaban J connectivity index is 2.08.